The number of aryl methyl sites for hydroxylation is 2. The van der Waals surface area contributed by atoms with Gasteiger partial charge in [-0.25, -0.2) is 0 Å². The molecular weight excluding hydrogens is 1390 g/mol. The van der Waals surface area contributed by atoms with Crippen LogP contribution in [0.5, 0.6) is 0 Å². The van der Waals surface area contributed by atoms with E-state index in [1.165, 1.54) is 225 Å². The van der Waals surface area contributed by atoms with Gasteiger partial charge in [0.05, 0.1) is 35.2 Å². The zero-order valence-corrected chi connectivity index (χ0v) is 62.0. The Bertz CT molecular complexity index is 5620. The van der Waals surface area contributed by atoms with Gasteiger partial charge in [-0.05, 0) is 133 Å². The number of aromatic nitrogens is 8. The number of hydrogen-bond acceptors (Lipinski definition) is 15. The summed E-state index contributed by atoms with van der Waals surface area (Å²) in [4.78, 5) is 14.5. The van der Waals surface area contributed by atoms with E-state index in [2.05, 4.69) is 217 Å². The highest BCUT2D eigenvalue weighted by Gasteiger charge is 2.23. The fourth-order valence-electron chi connectivity index (χ4n) is 14.5. The third-order valence-corrected chi connectivity index (χ3v) is 28.3. The molecule has 0 aliphatic rings. The number of fused-ring (bicyclic) bond motifs is 9. The molecule has 7 aromatic carbocycles. The molecule has 488 valence electrons. The molecule has 0 radical (unpaired) electrons. The topological polar surface area (TPSA) is 87.2 Å². The van der Waals surface area contributed by atoms with Gasteiger partial charge in [0, 0.05) is 149 Å². The molecule has 18 aromatic rings. The van der Waals surface area contributed by atoms with Gasteiger partial charge in [0.2, 0.25) is 0 Å². The van der Waals surface area contributed by atoms with E-state index in [4.69, 9.17) is 26.2 Å². The quantitative estimate of drug-likeness (QED) is 0.0560. The Morgan fingerprint density at radius 3 is 0.828 bits per heavy atom. The zero-order valence-electron chi connectivity index (χ0n) is 54.6. The molecule has 99 heavy (non-hydrogen) atoms. The molecule has 0 saturated heterocycles. The Labute approximate surface area is 610 Å². The summed E-state index contributed by atoms with van der Waals surface area (Å²) in [5, 5.41) is 5.32. The highest BCUT2D eigenvalue weighted by Crippen LogP contribution is 2.50. The van der Waals surface area contributed by atoms with E-state index in [0.717, 1.165) is 79.6 Å². The van der Waals surface area contributed by atoms with Gasteiger partial charge >= 0.3 is 0 Å². The van der Waals surface area contributed by atoms with Crippen LogP contribution in [0.3, 0.4) is 0 Å². The SMILES string of the molecule is CCCCCCCCn1c2ccccc2c2cc(-c3ccc(-c4ccc(-c5ccc(-c6ccc(-c7ccc(-c8ccc(-c9ccc(-c%10ccc(-c%11ccc(-c%12ccc%13c(c%12)c%12ccccc%12n%13CCCCCCCC)s%11)c%11nsnc%10%11)s9)s8)c8nsnc78)s6)s5)c5nsnc45)s3)ccc21. The summed E-state index contributed by atoms with van der Waals surface area (Å²) in [6.07, 6.45) is 15.5. The van der Waals surface area contributed by atoms with Gasteiger partial charge in [0.25, 0.3) is 0 Å². The molecule has 11 heterocycles. The van der Waals surface area contributed by atoms with Gasteiger partial charge < -0.3 is 9.13 Å². The normalized spacial score (nSPS) is 12.1. The largest absolute Gasteiger partial charge is 0.340 e. The first-order valence-electron chi connectivity index (χ1n) is 34.4. The Hall–Kier alpha value is -8.20. The number of rotatable bonds is 24. The second kappa shape index (κ2) is 27.4. The second-order valence-corrected chi connectivity index (χ2v) is 33.8. The van der Waals surface area contributed by atoms with Gasteiger partial charge in [0.1, 0.15) is 33.1 Å². The molecule has 0 spiro atoms. The lowest BCUT2D eigenvalue weighted by Gasteiger charge is -2.08. The van der Waals surface area contributed by atoms with Gasteiger partial charge in [-0.3, -0.25) is 0 Å². The Kier molecular flexibility index (Phi) is 17.4. The fourth-order valence-corrected chi connectivity index (χ4v) is 22.6. The molecule has 0 atom stereocenters. The van der Waals surface area contributed by atoms with Crippen LogP contribution >= 0.6 is 103 Å². The molecule has 0 bridgehead atoms. The summed E-state index contributed by atoms with van der Waals surface area (Å²) in [6.45, 7) is 6.68. The standard InChI is InChI=1S/C82H66N8S9/c1-3-5-7-9-11-17-45-89-61-21-15-13-19-51(61)59-47-49(23-31-63(59)89)65-33-35-67(91-65)53-25-27-55(79-77(53)83-97-85-79)69-37-41-73(93-69)75-43-39-71(95-75)57-29-30-58(82-81(57)87-99-88-82)72-40-44-76(96-72)74-42-38-70(94-74)56-28-26-54(78-80(56)86-98-84-78)68-36-34-66(92-68)50-24-32-64-60(48-50)52-20-14-16-22-62(52)90(64)46-18-12-10-8-6-4-2/h13-16,19-44,47-48H,3-12,17-18,45-46H2,1-2H3. The first kappa shape index (κ1) is 63.0. The molecule has 8 nitrogen and oxygen atoms in total. The molecule has 17 heteroatoms. The monoisotopic (exact) mass is 1450 g/mol. The lowest BCUT2D eigenvalue weighted by Crippen LogP contribution is -1.97. The molecule has 0 unspecified atom stereocenters. The van der Waals surface area contributed by atoms with Crippen LogP contribution in [0.4, 0.5) is 0 Å². The van der Waals surface area contributed by atoms with E-state index >= 15 is 0 Å². The average molecular weight is 1450 g/mol. The van der Waals surface area contributed by atoms with Crippen LogP contribution in [-0.2, 0) is 13.1 Å². The van der Waals surface area contributed by atoms with Crippen LogP contribution in [0.25, 0.3) is 180 Å². The molecule has 0 saturated carbocycles. The van der Waals surface area contributed by atoms with Gasteiger partial charge in [-0.1, -0.05) is 163 Å². The van der Waals surface area contributed by atoms with Gasteiger partial charge in [0.15, 0.2) is 0 Å². The second-order valence-electron chi connectivity index (χ2n) is 25.7. The molecule has 0 aliphatic carbocycles. The van der Waals surface area contributed by atoms with Crippen LogP contribution in [0.15, 0.2) is 194 Å². The van der Waals surface area contributed by atoms with Crippen LogP contribution in [0.1, 0.15) is 90.9 Å². The summed E-state index contributed by atoms with van der Waals surface area (Å²) >= 11 is 14.8. The van der Waals surface area contributed by atoms with Crippen molar-refractivity contribution in [3.8, 4) is 103 Å². The summed E-state index contributed by atoms with van der Waals surface area (Å²) in [7, 11) is 0. The number of unbranched alkanes of at least 4 members (excludes halogenated alkanes) is 10. The first-order valence-corrected chi connectivity index (χ1v) is 41.5. The summed E-state index contributed by atoms with van der Waals surface area (Å²) < 4.78 is 34.7. The maximum atomic E-state index is 4.94. The molecule has 0 aliphatic heterocycles. The highest BCUT2D eigenvalue weighted by molar-refractivity contribution is 7.26. The maximum Gasteiger partial charge on any atom is 0.114 e. The predicted octanol–water partition coefficient (Wildman–Crippen LogP) is 27.7. The molecule has 11 aromatic heterocycles. The van der Waals surface area contributed by atoms with Crippen molar-refractivity contribution < 1.29 is 0 Å². The first-order chi connectivity index (χ1) is 49.0. The lowest BCUT2D eigenvalue weighted by molar-refractivity contribution is 0.571. The number of benzene rings is 7. The van der Waals surface area contributed by atoms with E-state index in [1.54, 1.807) is 22.7 Å². The van der Waals surface area contributed by atoms with Crippen LogP contribution < -0.4 is 0 Å². The molecule has 0 amide bonds. The van der Waals surface area contributed by atoms with Crippen LogP contribution in [0, 0.1) is 0 Å². The summed E-state index contributed by atoms with van der Waals surface area (Å²) in [6, 6.07) is 72.5. The highest BCUT2D eigenvalue weighted by atomic mass is 32.1. The van der Waals surface area contributed by atoms with Crippen molar-refractivity contribution in [3.05, 3.63) is 194 Å². The molecule has 0 fully saturated rings. The number of hydrogen-bond donors (Lipinski definition) is 0. The van der Waals surface area contributed by atoms with E-state index in [1.807, 2.05) is 45.3 Å². The van der Waals surface area contributed by atoms with Crippen LogP contribution in [0.2, 0.25) is 0 Å². The van der Waals surface area contributed by atoms with Crippen molar-refractivity contribution in [2.75, 3.05) is 0 Å². The molecule has 18 rings (SSSR count). The van der Waals surface area contributed by atoms with E-state index in [0.29, 0.717) is 0 Å². The van der Waals surface area contributed by atoms with Gasteiger partial charge in [-0.2, -0.15) is 26.2 Å². The van der Waals surface area contributed by atoms with Crippen molar-refractivity contribution >= 4 is 180 Å². The minimum absolute atomic E-state index is 0.939. The van der Waals surface area contributed by atoms with Crippen molar-refractivity contribution in [2.24, 2.45) is 0 Å². The molecular formula is C82H66N8S9. The Morgan fingerprint density at radius 1 is 0.242 bits per heavy atom. The number of nitrogens with zero attached hydrogens (tertiary/aromatic N) is 8. The maximum absolute atomic E-state index is 4.94. The smallest absolute Gasteiger partial charge is 0.114 e. The van der Waals surface area contributed by atoms with E-state index < -0.39 is 0 Å². The third-order valence-electron chi connectivity index (χ3n) is 19.5. The Morgan fingerprint density at radius 2 is 0.505 bits per heavy atom. The molecule has 0 N–H and O–H groups in total. The fraction of sp³-hybridized carbons (Fsp3) is 0.195. The summed E-state index contributed by atoms with van der Waals surface area (Å²) in [5.74, 6) is 0. The van der Waals surface area contributed by atoms with Crippen molar-refractivity contribution in [1.82, 2.24) is 35.4 Å². The number of thiophene rings is 6. The van der Waals surface area contributed by atoms with Crippen molar-refractivity contribution in [1.29, 1.82) is 0 Å². The minimum atomic E-state index is 0.939. The zero-order chi connectivity index (χ0) is 65.9. The van der Waals surface area contributed by atoms with Gasteiger partial charge in [-0.15, -0.1) is 68.0 Å². The number of para-hydroxylation sites is 2. The van der Waals surface area contributed by atoms with Crippen molar-refractivity contribution in [2.45, 2.75) is 104 Å². The summed E-state index contributed by atoms with van der Waals surface area (Å²) in [5.41, 5.74) is 20.2. The van der Waals surface area contributed by atoms with Crippen molar-refractivity contribution in [3.63, 3.8) is 0 Å². The average Bonchev–Trinajstić information content (AvgIpc) is 1.68. The Balaban J connectivity index is 0.553. The predicted molar refractivity (Wildman–Crippen MR) is 434 cm³/mol. The lowest BCUT2D eigenvalue weighted by atomic mass is 10.1. The van der Waals surface area contributed by atoms with E-state index in [9.17, 15) is 0 Å². The van der Waals surface area contributed by atoms with E-state index in [-0.39, 0.29) is 0 Å². The third kappa shape index (κ3) is 11.7. The minimum Gasteiger partial charge on any atom is -0.340 e. The van der Waals surface area contributed by atoms with Crippen LogP contribution in [-0.4, -0.2) is 35.4 Å².